The van der Waals surface area contributed by atoms with Crippen molar-refractivity contribution in [3.8, 4) is 6.07 Å². The Kier molecular flexibility index (Phi) is 3.30. The summed E-state index contributed by atoms with van der Waals surface area (Å²) in [7, 11) is 0. The topological polar surface area (TPSA) is 44.0 Å². The third-order valence-electron chi connectivity index (χ3n) is 1.98. The van der Waals surface area contributed by atoms with E-state index in [2.05, 4.69) is 20.8 Å². The zero-order valence-corrected chi connectivity index (χ0v) is 9.56. The highest BCUT2D eigenvalue weighted by molar-refractivity contribution is 7.12. The van der Waals surface area contributed by atoms with Gasteiger partial charge in [0.1, 0.15) is 6.10 Å². The molecule has 0 saturated heterocycles. The molecule has 76 valence electrons. The summed E-state index contributed by atoms with van der Waals surface area (Å²) in [6.45, 7) is 6.41. The lowest BCUT2D eigenvalue weighted by atomic mass is 9.95. The molecular weight excluding hydrogens is 194 g/mol. The van der Waals surface area contributed by atoms with E-state index in [1.165, 1.54) is 4.88 Å². The van der Waals surface area contributed by atoms with Gasteiger partial charge in [0, 0.05) is 9.75 Å². The zero-order valence-electron chi connectivity index (χ0n) is 8.74. The molecule has 0 radical (unpaired) electrons. The van der Waals surface area contributed by atoms with Gasteiger partial charge in [0.05, 0.1) is 12.5 Å². The number of nitriles is 1. The summed E-state index contributed by atoms with van der Waals surface area (Å²) in [6, 6.07) is 5.91. The third-order valence-corrected chi connectivity index (χ3v) is 3.59. The van der Waals surface area contributed by atoms with Crippen molar-refractivity contribution in [2.75, 3.05) is 0 Å². The average molecular weight is 209 g/mol. The van der Waals surface area contributed by atoms with Crippen molar-refractivity contribution in [1.29, 1.82) is 5.26 Å². The van der Waals surface area contributed by atoms with E-state index in [0.29, 0.717) is 0 Å². The molecule has 0 aliphatic heterocycles. The molecule has 1 rings (SSSR count). The molecule has 0 aliphatic rings. The molecule has 14 heavy (non-hydrogen) atoms. The smallest absolute Gasteiger partial charge is 0.101 e. The molecule has 0 saturated carbocycles. The summed E-state index contributed by atoms with van der Waals surface area (Å²) in [5, 5.41) is 18.0. The first kappa shape index (κ1) is 11.2. The fraction of sp³-hybridized carbons (Fsp3) is 0.545. The number of thiophene rings is 1. The molecule has 2 nitrogen and oxygen atoms in total. The van der Waals surface area contributed by atoms with E-state index in [-0.39, 0.29) is 11.8 Å². The van der Waals surface area contributed by atoms with Crippen LogP contribution in [0.3, 0.4) is 0 Å². The molecule has 1 unspecified atom stereocenters. The van der Waals surface area contributed by atoms with Crippen molar-refractivity contribution < 1.29 is 5.11 Å². The van der Waals surface area contributed by atoms with Crippen LogP contribution in [-0.2, 0) is 5.41 Å². The predicted octanol–water partition coefficient (Wildman–Crippen LogP) is 2.99. The molecular formula is C11H15NOS. The van der Waals surface area contributed by atoms with Crippen molar-refractivity contribution in [3.05, 3.63) is 21.9 Å². The summed E-state index contributed by atoms with van der Waals surface area (Å²) in [5.74, 6) is 0. The van der Waals surface area contributed by atoms with Gasteiger partial charge in [-0.1, -0.05) is 20.8 Å². The molecule has 1 aromatic rings. The Morgan fingerprint density at radius 3 is 2.57 bits per heavy atom. The van der Waals surface area contributed by atoms with E-state index in [4.69, 9.17) is 5.26 Å². The lowest BCUT2D eigenvalue weighted by molar-refractivity contribution is 0.187. The number of rotatable bonds is 2. The van der Waals surface area contributed by atoms with Gasteiger partial charge in [0.15, 0.2) is 0 Å². The van der Waals surface area contributed by atoms with Crippen LogP contribution >= 0.6 is 11.3 Å². The van der Waals surface area contributed by atoms with Crippen LogP contribution in [0.5, 0.6) is 0 Å². The second kappa shape index (κ2) is 4.12. The predicted molar refractivity (Wildman–Crippen MR) is 58.2 cm³/mol. The van der Waals surface area contributed by atoms with E-state index >= 15 is 0 Å². The Balaban J connectivity index is 2.84. The monoisotopic (exact) mass is 209 g/mol. The molecule has 3 heteroatoms. The molecule has 0 aliphatic carbocycles. The van der Waals surface area contributed by atoms with Crippen LogP contribution in [0.15, 0.2) is 12.1 Å². The summed E-state index contributed by atoms with van der Waals surface area (Å²) in [4.78, 5) is 2.13. The van der Waals surface area contributed by atoms with Gasteiger partial charge in [-0.15, -0.1) is 11.3 Å². The average Bonchev–Trinajstić information content (AvgIpc) is 2.51. The molecule has 0 bridgehead atoms. The van der Waals surface area contributed by atoms with Crippen molar-refractivity contribution in [2.24, 2.45) is 0 Å². The summed E-state index contributed by atoms with van der Waals surface area (Å²) < 4.78 is 0. The highest BCUT2D eigenvalue weighted by Gasteiger charge is 2.18. The Morgan fingerprint density at radius 2 is 2.14 bits per heavy atom. The van der Waals surface area contributed by atoms with Gasteiger partial charge in [-0.25, -0.2) is 0 Å². The van der Waals surface area contributed by atoms with Crippen LogP contribution in [0.4, 0.5) is 0 Å². The minimum atomic E-state index is -0.624. The minimum absolute atomic E-state index is 0.120. The lowest BCUT2D eigenvalue weighted by Gasteiger charge is -2.15. The van der Waals surface area contributed by atoms with E-state index in [1.807, 2.05) is 18.2 Å². The van der Waals surface area contributed by atoms with Gasteiger partial charge >= 0.3 is 0 Å². The van der Waals surface area contributed by atoms with E-state index < -0.39 is 6.10 Å². The maximum Gasteiger partial charge on any atom is 0.101 e. The van der Waals surface area contributed by atoms with Crippen molar-refractivity contribution in [2.45, 2.75) is 38.7 Å². The maximum atomic E-state index is 9.59. The first-order chi connectivity index (χ1) is 6.45. The van der Waals surface area contributed by atoms with Crippen LogP contribution in [0.2, 0.25) is 0 Å². The number of hydrogen-bond donors (Lipinski definition) is 1. The molecule has 0 amide bonds. The van der Waals surface area contributed by atoms with Crippen LogP contribution in [0.25, 0.3) is 0 Å². The number of aliphatic hydroxyl groups is 1. The van der Waals surface area contributed by atoms with Crippen molar-refractivity contribution in [1.82, 2.24) is 0 Å². The van der Waals surface area contributed by atoms with Crippen LogP contribution in [0, 0.1) is 11.3 Å². The number of hydrogen-bond acceptors (Lipinski definition) is 3. The van der Waals surface area contributed by atoms with Gasteiger partial charge in [0.25, 0.3) is 0 Å². The fourth-order valence-corrected chi connectivity index (χ4v) is 2.17. The second-order valence-corrected chi connectivity index (χ2v) is 5.45. The van der Waals surface area contributed by atoms with E-state index in [0.717, 1.165) is 4.88 Å². The quantitative estimate of drug-likeness (QED) is 0.813. The van der Waals surface area contributed by atoms with Gasteiger partial charge in [0.2, 0.25) is 0 Å². The first-order valence-electron chi connectivity index (χ1n) is 4.60. The van der Waals surface area contributed by atoms with E-state index in [1.54, 1.807) is 11.3 Å². The third kappa shape index (κ3) is 2.57. The minimum Gasteiger partial charge on any atom is -0.386 e. The van der Waals surface area contributed by atoms with Gasteiger partial charge in [-0.2, -0.15) is 5.26 Å². The Labute approximate surface area is 88.8 Å². The Bertz CT molecular complexity index is 343. The molecule has 0 fully saturated rings. The van der Waals surface area contributed by atoms with Crippen molar-refractivity contribution >= 4 is 11.3 Å². The SMILES string of the molecule is CC(C)(C)c1ccc(C(O)CC#N)s1. The molecule has 1 N–H and O–H groups in total. The van der Waals surface area contributed by atoms with Crippen LogP contribution < -0.4 is 0 Å². The zero-order chi connectivity index (χ0) is 10.8. The Morgan fingerprint density at radius 1 is 1.50 bits per heavy atom. The molecule has 1 atom stereocenters. The Hall–Kier alpha value is -0.850. The number of aliphatic hydroxyl groups excluding tert-OH is 1. The highest BCUT2D eigenvalue weighted by Crippen LogP contribution is 2.32. The number of nitrogens with zero attached hydrogens (tertiary/aromatic N) is 1. The van der Waals surface area contributed by atoms with Gasteiger partial charge < -0.3 is 5.11 Å². The maximum absolute atomic E-state index is 9.59. The molecule has 0 aromatic carbocycles. The largest absolute Gasteiger partial charge is 0.386 e. The van der Waals surface area contributed by atoms with Gasteiger partial charge in [-0.05, 0) is 17.5 Å². The summed E-state index contributed by atoms with van der Waals surface area (Å²) in [6.07, 6.45) is -0.453. The first-order valence-corrected chi connectivity index (χ1v) is 5.42. The molecule has 0 spiro atoms. The lowest BCUT2D eigenvalue weighted by Crippen LogP contribution is -2.07. The standard InChI is InChI=1S/C11H15NOS/c1-11(2,3)10-5-4-9(14-10)8(13)6-7-12/h4-5,8,13H,6H2,1-3H3. The van der Waals surface area contributed by atoms with E-state index in [9.17, 15) is 5.11 Å². The van der Waals surface area contributed by atoms with Gasteiger partial charge in [-0.3, -0.25) is 0 Å². The summed E-state index contributed by atoms with van der Waals surface area (Å²) >= 11 is 1.59. The fourth-order valence-electron chi connectivity index (χ4n) is 1.12. The summed E-state index contributed by atoms with van der Waals surface area (Å²) in [5.41, 5.74) is 0.120. The van der Waals surface area contributed by atoms with Crippen molar-refractivity contribution in [3.63, 3.8) is 0 Å². The van der Waals surface area contributed by atoms with Crippen LogP contribution in [0.1, 0.15) is 43.1 Å². The highest BCUT2D eigenvalue weighted by atomic mass is 32.1. The second-order valence-electron chi connectivity index (χ2n) is 4.33. The normalized spacial score (nSPS) is 13.6. The molecule has 1 aromatic heterocycles. The van der Waals surface area contributed by atoms with Crippen LogP contribution in [-0.4, -0.2) is 5.11 Å². The molecule has 1 heterocycles.